The summed E-state index contributed by atoms with van der Waals surface area (Å²) in [6, 6.07) is 2.59. The van der Waals surface area contributed by atoms with Gasteiger partial charge in [-0.2, -0.15) is 0 Å². The van der Waals surface area contributed by atoms with Crippen molar-refractivity contribution in [1.82, 2.24) is 14.8 Å². The van der Waals surface area contributed by atoms with Gasteiger partial charge in [0.25, 0.3) is 5.56 Å². The maximum absolute atomic E-state index is 12.5. The summed E-state index contributed by atoms with van der Waals surface area (Å²) >= 11 is 0. The van der Waals surface area contributed by atoms with E-state index in [4.69, 9.17) is 0 Å². The number of pyridine rings is 1. The molecule has 1 N–H and O–H groups in total. The number of nitrogens with one attached hydrogen (secondary N) is 1. The monoisotopic (exact) mass is 247 g/mol. The molecule has 4 nitrogen and oxygen atoms in total. The van der Waals surface area contributed by atoms with E-state index in [9.17, 15) is 4.79 Å². The molecule has 1 aromatic heterocycles. The van der Waals surface area contributed by atoms with Crippen LogP contribution >= 0.6 is 0 Å². The minimum Gasteiger partial charge on any atom is -0.315 e. The summed E-state index contributed by atoms with van der Waals surface area (Å²) < 4.78 is 2.09. The first kappa shape index (κ1) is 11.9. The largest absolute Gasteiger partial charge is 0.315 e. The Morgan fingerprint density at radius 3 is 2.89 bits per heavy atom. The van der Waals surface area contributed by atoms with Crippen LogP contribution in [-0.4, -0.2) is 30.1 Å². The van der Waals surface area contributed by atoms with E-state index >= 15 is 0 Å². The molecule has 1 aliphatic heterocycles. The molecule has 18 heavy (non-hydrogen) atoms. The number of hydrogen-bond acceptors (Lipinski definition) is 3. The predicted molar refractivity (Wildman–Crippen MR) is 71.8 cm³/mol. The summed E-state index contributed by atoms with van der Waals surface area (Å²) in [7, 11) is 4.04. The second-order valence-electron chi connectivity index (χ2n) is 5.57. The van der Waals surface area contributed by atoms with Gasteiger partial charge in [-0.15, -0.1) is 0 Å². The van der Waals surface area contributed by atoms with E-state index in [-0.39, 0.29) is 5.56 Å². The van der Waals surface area contributed by atoms with Gasteiger partial charge in [0.2, 0.25) is 0 Å². The van der Waals surface area contributed by atoms with Crippen molar-refractivity contribution in [3.05, 3.63) is 33.2 Å². The lowest BCUT2D eigenvalue weighted by Gasteiger charge is -2.28. The van der Waals surface area contributed by atoms with Crippen LogP contribution in [0.25, 0.3) is 0 Å². The smallest absolute Gasteiger partial charge is 0.255 e. The van der Waals surface area contributed by atoms with Crippen LogP contribution in [0.1, 0.15) is 35.7 Å². The molecule has 0 amide bonds. The Hall–Kier alpha value is -1.13. The normalized spacial score (nSPS) is 19.9. The van der Waals surface area contributed by atoms with Crippen LogP contribution in [0.2, 0.25) is 0 Å². The van der Waals surface area contributed by atoms with Gasteiger partial charge in [0.15, 0.2) is 0 Å². The fraction of sp³-hybridized carbons (Fsp3) is 0.643. The van der Waals surface area contributed by atoms with Gasteiger partial charge in [-0.3, -0.25) is 4.79 Å². The Kier molecular flexibility index (Phi) is 2.99. The molecule has 98 valence electrons. The van der Waals surface area contributed by atoms with Gasteiger partial charge >= 0.3 is 0 Å². The van der Waals surface area contributed by atoms with Crippen LogP contribution in [0.5, 0.6) is 0 Å². The number of nitrogens with zero attached hydrogens (tertiary/aromatic N) is 2. The fourth-order valence-electron chi connectivity index (χ4n) is 2.91. The summed E-state index contributed by atoms with van der Waals surface area (Å²) in [6.45, 7) is 2.70. The Morgan fingerprint density at radius 2 is 2.22 bits per heavy atom. The molecular weight excluding hydrogens is 226 g/mol. The van der Waals surface area contributed by atoms with Crippen LogP contribution in [0.3, 0.4) is 0 Å². The van der Waals surface area contributed by atoms with Crippen molar-refractivity contribution in [1.29, 1.82) is 0 Å². The molecule has 0 bridgehead atoms. The van der Waals surface area contributed by atoms with E-state index in [1.807, 2.05) is 7.05 Å². The van der Waals surface area contributed by atoms with Crippen LogP contribution in [0.4, 0.5) is 0 Å². The van der Waals surface area contributed by atoms with Gasteiger partial charge < -0.3 is 14.8 Å². The molecule has 1 aliphatic carbocycles. The Bertz CT molecular complexity index is 517. The molecule has 0 atom stereocenters. The van der Waals surface area contributed by atoms with Gasteiger partial charge in [0.1, 0.15) is 0 Å². The summed E-state index contributed by atoms with van der Waals surface area (Å²) in [5.74, 6) is 0. The maximum atomic E-state index is 12.5. The van der Waals surface area contributed by atoms with E-state index in [1.165, 1.54) is 24.1 Å². The number of rotatable bonds is 3. The van der Waals surface area contributed by atoms with Crippen molar-refractivity contribution in [2.45, 2.75) is 38.4 Å². The summed E-state index contributed by atoms with van der Waals surface area (Å²) in [4.78, 5) is 14.8. The lowest BCUT2D eigenvalue weighted by molar-refractivity contribution is 0.303. The van der Waals surface area contributed by atoms with Gasteiger partial charge in [-0.25, -0.2) is 0 Å². The molecule has 0 spiro atoms. The average Bonchev–Trinajstić information content (AvgIpc) is 3.15. The van der Waals surface area contributed by atoms with E-state index in [2.05, 4.69) is 27.9 Å². The van der Waals surface area contributed by atoms with Gasteiger partial charge in [-0.05, 0) is 38.6 Å². The van der Waals surface area contributed by atoms with Crippen molar-refractivity contribution in [3.63, 3.8) is 0 Å². The van der Waals surface area contributed by atoms with E-state index in [0.29, 0.717) is 12.6 Å². The second kappa shape index (κ2) is 4.52. The number of likely N-dealkylation sites (N-methyl/N-ethyl adjacent to an activating group) is 1. The van der Waals surface area contributed by atoms with Gasteiger partial charge in [0, 0.05) is 43.4 Å². The molecule has 2 heterocycles. The number of hydrogen-bond donors (Lipinski definition) is 1. The standard InChI is InChI=1S/C14H21N3O/c1-15-8-10-7-11-9-16(2)6-5-13(11)17(14(10)18)12-3-4-12/h7,12,15H,3-6,8-9H2,1-2H3. The van der Waals surface area contributed by atoms with Crippen molar-refractivity contribution >= 4 is 0 Å². The Morgan fingerprint density at radius 1 is 1.44 bits per heavy atom. The zero-order valence-electron chi connectivity index (χ0n) is 11.2. The van der Waals surface area contributed by atoms with Crippen molar-refractivity contribution in [3.8, 4) is 0 Å². The average molecular weight is 247 g/mol. The van der Waals surface area contributed by atoms with E-state index < -0.39 is 0 Å². The number of fused-ring (bicyclic) bond motifs is 1. The van der Waals surface area contributed by atoms with E-state index in [0.717, 1.165) is 25.1 Å². The first-order chi connectivity index (χ1) is 8.70. The van der Waals surface area contributed by atoms with Crippen LogP contribution in [0.15, 0.2) is 10.9 Å². The summed E-state index contributed by atoms with van der Waals surface area (Å²) in [6.07, 6.45) is 3.35. The lowest BCUT2D eigenvalue weighted by Crippen LogP contribution is -2.35. The molecule has 1 fully saturated rings. The molecule has 0 radical (unpaired) electrons. The minimum atomic E-state index is 0.232. The lowest BCUT2D eigenvalue weighted by atomic mass is 10.0. The molecular formula is C14H21N3O. The molecule has 1 aromatic rings. The highest BCUT2D eigenvalue weighted by Crippen LogP contribution is 2.36. The Labute approximate surface area is 108 Å². The zero-order valence-corrected chi connectivity index (χ0v) is 11.2. The first-order valence-electron chi connectivity index (χ1n) is 6.80. The third kappa shape index (κ3) is 1.99. The summed E-state index contributed by atoms with van der Waals surface area (Å²) in [5.41, 5.74) is 3.79. The van der Waals surface area contributed by atoms with E-state index in [1.54, 1.807) is 0 Å². The quantitative estimate of drug-likeness (QED) is 0.862. The molecule has 4 heteroatoms. The highest BCUT2D eigenvalue weighted by molar-refractivity contribution is 5.30. The molecule has 1 saturated carbocycles. The molecule has 0 unspecified atom stereocenters. The second-order valence-corrected chi connectivity index (χ2v) is 5.57. The highest BCUT2D eigenvalue weighted by atomic mass is 16.1. The first-order valence-corrected chi connectivity index (χ1v) is 6.80. The molecule has 2 aliphatic rings. The third-order valence-corrected chi connectivity index (χ3v) is 3.95. The molecule has 3 rings (SSSR count). The summed E-state index contributed by atoms with van der Waals surface area (Å²) in [5, 5.41) is 3.10. The minimum absolute atomic E-state index is 0.232. The maximum Gasteiger partial charge on any atom is 0.255 e. The fourth-order valence-corrected chi connectivity index (χ4v) is 2.91. The van der Waals surface area contributed by atoms with Crippen molar-refractivity contribution in [2.24, 2.45) is 0 Å². The highest BCUT2D eigenvalue weighted by Gasteiger charge is 2.30. The van der Waals surface area contributed by atoms with Gasteiger partial charge in [0.05, 0.1) is 0 Å². The predicted octanol–water partition coefficient (Wildman–Crippen LogP) is 0.890. The zero-order chi connectivity index (χ0) is 12.7. The molecule has 0 aromatic carbocycles. The van der Waals surface area contributed by atoms with Crippen LogP contribution in [0, 0.1) is 0 Å². The van der Waals surface area contributed by atoms with Crippen LogP contribution in [-0.2, 0) is 19.5 Å². The molecule has 0 saturated heterocycles. The topological polar surface area (TPSA) is 37.3 Å². The Balaban J connectivity index is 2.12. The van der Waals surface area contributed by atoms with Gasteiger partial charge in [-0.1, -0.05) is 0 Å². The third-order valence-electron chi connectivity index (χ3n) is 3.95. The number of aromatic nitrogens is 1. The van der Waals surface area contributed by atoms with Crippen molar-refractivity contribution in [2.75, 3.05) is 20.6 Å². The van der Waals surface area contributed by atoms with Crippen molar-refractivity contribution < 1.29 is 0 Å². The van der Waals surface area contributed by atoms with Crippen LogP contribution < -0.4 is 10.9 Å². The SMILES string of the molecule is CNCc1cc2c(n(C3CC3)c1=O)CCN(C)C2.